The standard InChI is InChI=1S/C12H16N6O2S/c19-9-6-13-18-11(15-9)16-17-12(18)21-7-10(20)14-8-4-2-1-3-5-8/h6,8H,1-5,7H2,(H,14,20)(H,15,16,19). The molecule has 0 unspecified atom stereocenters. The summed E-state index contributed by atoms with van der Waals surface area (Å²) in [5.74, 6) is 0.531. The van der Waals surface area contributed by atoms with Gasteiger partial charge in [-0.1, -0.05) is 31.0 Å². The fraction of sp³-hybridized carbons (Fsp3) is 0.583. The number of aromatic amines is 1. The summed E-state index contributed by atoms with van der Waals surface area (Å²) in [5.41, 5.74) is -0.332. The monoisotopic (exact) mass is 308 g/mol. The fourth-order valence-corrected chi connectivity index (χ4v) is 3.13. The molecule has 0 atom stereocenters. The van der Waals surface area contributed by atoms with E-state index in [-0.39, 0.29) is 23.0 Å². The van der Waals surface area contributed by atoms with Crippen molar-refractivity contribution in [1.29, 1.82) is 0 Å². The van der Waals surface area contributed by atoms with Crippen molar-refractivity contribution >= 4 is 23.4 Å². The first-order valence-corrected chi connectivity index (χ1v) is 7.94. The maximum Gasteiger partial charge on any atom is 0.271 e. The maximum atomic E-state index is 11.9. The van der Waals surface area contributed by atoms with Gasteiger partial charge in [-0.2, -0.15) is 9.61 Å². The Morgan fingerprint density at radius 1 is 1.38 bits per heavy atom. The molecule has 1 saturated carbocycles. The largest absolute Gasteiger partial charge is 0.353 e. The van der Waals surface area contributed by atoms with Crippen molar-refractivity contribution in [3.05, 3.63) is 16.6 Å². The Labute approximate surface area is 124 Å². The van der Waals surface area contributed by atoms with E-state index in [4.69, 9.17) is 0 Å². The Hall–Kier alpha value is -1.90. The molecule has 9 heteroatoms. The zero-order valence-corrected chi connectivity index (χ0v) is 12.2. The number of thioether (sulfide) groups is 1. The van der Waals surface area contributed by atoms with Gasteiger partial charge in [-0.05, 0) is 12.8 Å². The predicted molar refractivity (Wildman–Crippen MR) is 77.1 cm³/mol. The highest BCUT2D eigenvalue weighted by molar-refractivity contribution is 7.99. The highest BCUT2D eigenvalue weighted by Crippen LogP contribution is 2.18. The molecule has 2 N–H and O–H groups in total. The van der Waals surface area contributed by atoms with Crippen LogP contribution in [0.15, 0.2) is 16.1 Å². The van der Waals surface area contributed by atoms with Crippen molar-refractivity contribution in [2.45, 2.75) is 43.3 Å². The zero-order valence-electron chi connectivity index (χ0n) is 11.4. The van der Waals surface area contributed by atoms with Crippen molar-refractivity contribution in [1.82, 2.24) is 30.1 Å². The van der Waals surface area contributed by atoms with Crippen LogP contribution in [0, 0.1) is 0 Å². The quantitative estimate of drug-likeness (QED) is 0.790. The molecule has 0 spiro atoms. The van der Waals surface area contributed by atoms with Crippen LogP contribution in [0.25, 0.3) is 5.78 Å². The molecule has 0 radical (unpaired) electrons. The van der Waals surface area contributed by atoms with Crippen LogP contribution >= 0.6 is 11.8 Å². The minimum atomic E-state index is -0.332. The van der Waals surface area contributed by atoms with Gasteiger partial charge in [0.2, 0.25) is 11.1 Å². The first-order valence-electron chi connectivity index (χ1n) is 6.95. The Morgan fingerprint density at radius 3 is 3.00 bits per heavy atom. The summed E-state index contributed by atoms with van der Waals surface area (Å²) in [4.78, 5) is 25.6. The highest BCUT2D eigenvalue weighted by Gasteiger charge is 2.16. The topological polar surface area (TPSA) is 105 Å². The smallest absolute Gasteiger partial charge is 0.271 e. The zero-order chi connectivity index (χ0) is 14.7. The van der Waals surface area contributed by atoms with Gasteiger partial charge < -0.3 is 5.32 Å². The molecule has 1 aliphatic rings. The summed E-state index contributed by atoms with van der Waals surface area (Å²) < 4.78 is 1.42. The minimum absolute atomic E-state index is 0.00641. The van der Waals surface area contributed by atoms with E-state index in [1.807, 2.05) is 0 Å². The van der Waals surface area contributed by atoms with Crippen LogP contribution in [0.4, 0.5) is 0 Å². The Kier molecular flexibility index (Phi) is 4.18. The SMILES string of the molecule is O=C(CSc1nnc2[nH]c(=O)cnn12)NC1CCCCC1. The van der Waals surface area contributed by atoms with Gasteiger partial charge in [0.25, 0.3) is 11.3 Å². The van der Waals surface area contributed by atoms with Crippen molar-refractivity contribution in [2.24, 2.45) is 0 Å². The molecule has 2 heterocycles. The Morgan fingerprint density at radius 2 is 2.19 bits per heavy atom. The number of carbonyl (C=O) groups excluding carboxylic acids is 1. The number of aromatic nitrogens is 5. The number of H-pyrrole nitrogens is 1. The molecular weight excluding hydrogens is 292 g/mol. The summed E-state index contributed by atoms with van der Waals surface area (Å²) in [6.07, 6.45) is 6.91. The predicted octanol–water partition coefficient (Wildman–Crippen LogP) is 0.354. The molecule has 8 nitrogen and oxygen atoms in total. The van der Waals surface area contributed by atoms with Crippen LogP contribution in [0.1, 0.15) is 32.1 Å². The normalized spacial score (nSPS) is 16.2. The number of carbonyl (C=O) groups is 1. The van der Waals surface area contributed by atoms with Gasteiger partial charge in [0.15, 0.2) is 0 Å². The van der Waals surface area contributed by atoms with Crippen molar-refractivity contribution in [3.8, 4) is 0 Å². The third-order valence-electron chi connectivity index (χ3n) is 3.44. The van der Waals surface area contributed by atoms with E-state index in [1.165, 1.54) is 35.5 Å². The number of nitrogens with one attached hydrogen (secondary N) is 2. The lowest BCUT2D eigenvalue weighted by Gasteiger charge is -2.22. The van der Waals surface area contributed by atoms with E-state index in [0.717, 1.165) is 19.0 Å². The number of rotatable bonds is 4. The number of fused-ring (bicyclic) bond motifs is 1. The lowest BCUT2D eigenvalue weighted by Crippen LogP contribution is -2.37. The molecule has 1 aliphatic carbocycles. The molecule has 1 fully saturated rings. The average Bonchev–Trinajstić information content (AvgIpc) is 2.88. The van der Waals surface area contributed by atoms with Gasteiger partial charge in [-0.3, -0.25) is 14.6 Å². The summed E-state index contributed by atoms with van der Waals surface area (Å²) in [6, 6.07) is 0.302. The van der Waals surface area contributed by atoms with Crippen LogP contribution in [0.5, 0.6) is 0 Å². The Balaban J connectivity index is 1.58. The van der Waals surface area contributed by atoms with Crippen molar-refractivity contribution in [2.75, 3.05) is 5.75 Å². The molecule has 0 bridgehead atoms. The fourth-order valence-electron chi connectivity index (χ4n) is 2.44. The van der Waals surface area contributed by atoms with Gasteiger partial charge in [0.1, 0.15) is 6.20 Å². The molecule has 2 aromatic heterocycles. The summed E-state index contributed by atoms with van der Waals surface area (Å²) >= 11 is 1.25. The average molecular weight is 308 g/mol. The minimum Gasteiger partial charge on any atom is -0.353 e. The van der Waals surface area contributed by atoms with E-state index in [9.17, 15) is 9.59 Å². The molecule has 0 aromatic carbocycles. The third-order valence-corrected chi connectivity index (χ3v) is 4.36. The van der Waals surface area contributed by atoms with E-state index in [2.05, 4.69) is 25.6 Å². The summed E-state index contributed by atoms with van der Waals surface area (Å²) in [7, 11) is 0. The number of nitrogens with zero attached hydrogens (tertiary/aromatic N) is 4. The van der Waals surface area contributed by atoms with Crippen LogP contribution in [0.3, 0.4) is 0 Å². The van der Waals surface area contributed by atoms with Gasteiger partial charge in [-0.25, -0.2) is 0 Å². The molecule has 0 saturated heterocycles. The lowest BCUT2D eigenvalue weighted by molar-refractivity contribution is -0.119. The van der Waals surface area contributed by atoms with E-state index in [0.29, 0.717) is 11.2 Å². The van der Waals surface area contributed by atoms with E-state index >= 15 is 0 Å². The Bertz CT molecular complexity index is 690. The molecule has 1 amide bonds. The lowest BCUT2D eigenvalue weighted by atomic mass is 9.95. The number of amides is 1. The highest BCUT2D eigenvalue weighted by atomic mass is 32.2. The van der Waals surface area contributed by atoms with Crippen molar-refractivity contribution in [3.63, 3.8) is 0 Å². The molecular formula is C12H16N6O2S. The van der Waals surface area contributed by atoms with E-state index in [1.54, 1.807) is 0 Å². The van der Waals surface area contributed by atoms with Crippen LogP contribution in [0.2, 0.25) is 0 Å². The molecule has 2 aromatic rings. The second-order valence-corrected chi connectivity index (χ2v) is 5.99. The molecule has 3 rings (SSSR count). The van der Waals surface area contributed by atoms with Crippen molar-refractivity contribution < 1.29 is 4.79 Å². The second-order valence-electron chi connectivity index (χ2n) is 5.04. The number of hydrogen-bond donors (Lipinski definition) is 2. The van der Waals surface area contributed by atoms with Gasteiger partial charge >= 0.3 is 0 Å². The first kappa shape index (κ1) is 14.1. The van der Waals surface area contributed by atoms with Gasteiger partial charge in [0, 0.05) is 6.04 Å². The molecule has 112 valence electrons. The van der Waals surface area contributed by atoms with Crippen LogP contribution in [-0.2, 0) is 4.79 Å². The third kappa shape index (κ3) is 3.41. The summed E-state index contributed by atoms with van der Waals surface area (Å²) in [6.45, 7) is 0. The maximum absolute atomic E-state index is 11.9. The van der Waals surface area contributed by atoms with Crippen LogP contribution in [-0.4, -0.2) is 42.5 Å². The first-order chi connectivity index (χ1) is 10.2. The molecule has 21 heavy (non-hydrogen) atoms. The van der Waals surface area contributed by atoms with Gasteiger partial charge in [-0.15, -0.1) is 10.2 Å². The summed E-state index contributed by atoms with van der Waals surface area (Å²) in [5, 5.41) is 15.2. The molecule has 0 aliphatic heterocycles. The van der Waals surface area contributed by atoms with Gasteiger partial charge in [0.05, 0.1) is 5.75 Å². The van der Waals surface area contributed by atoms with E-state index < -0.39 is 0 Å². The van der Waals surface area contributed by atoms with Crippen LogP contribution < -0.4 is 10.9 Å². The second kappa shape index (κ2) is 6.25. The number of hydrogen-bond acceptors (Lipinski definition) is 6.